The number of carbonyl (C=O) groups is 2. The number of aromatic nitrogens is 8. The van der Waals surface area contributed by atoms with Crippen LogP contribution in [-0.2, 0) is 0 Å². The van der Waals surface area contributed by atoms with Crippen LogP contribution < -0.4 is 15.1 Å². The summed E-state index contributed by atoms with van der Waals surface area (Å²) in [4.78, 5) is 42.4. The minimum atomic E-state index is -0.981. The average Bonchev–Trinajstić information content (AvgIpc) is 4.11. The summed E-state index contributed by atoms with van der Waals surface area (Å²) in [6.45, 7) is 11.5. The molecule has 2 saturated heterocycles. The van der Waals surface area contributed by atoms with Gasteiger partial charge in [0.25, 0.3) is 17.9 Å². The van der Waals surface area contributed by atoms with Gasteiger partial charge in [-0.15, -0.1) is 0 Å². The molecule has 66 heavy (non-hydrogen) atoms. The highest BCUT2D eigenvalue weighted by atomic mass is 35.5. The highest BCUT2D eigenvalue weighted by Gasteiger charge is 2.26. The van der Waals surface area contributed by atoms with Gasteiger partial charge in [0, 0.05) is 61.9 Å². The van der Waals surface area contributed by atoms with Gasteiger partial charge in [0.2, 0.25) is 0 Å². The topological polar surface area (TPSA) is 190 Å². The van der Waals surface area contributed by atoms with Crippen molar-refractivity contribution in [3.8, 4) is 11.4 Å². The van der Waals surface area contributed by atoms with E-state index in [9.17, 15) is 9.59 Å². The Labute approximate surface area is 392 Å². The lowest BCUT2D eigenvalue weighted by molar-refractivity contribution is 0.0695. The maximum absolute atomic E-state index is 13.4. The first-order valence-corrected chi connectivity index (χ1v) is 21.6. The van der Waals surface area contributed by atoms with E-state index in [1.54, 1.807) is 36.7 Å². The highest BCUT2D eigenvalue weighted by Crippen LogP contribution is 2.27. The number of fused-ring (bicyclic) bond motifs is 2. The summed E-state index contributed by atoms with van der Waals surface area (Å²) in [5.74, 6) is -1.01. The van der Waals surface area contributed by atoms with Crippen molar-refractivity contribution in [1.29, 1.82) is 0 Å². The lowest BCUT2D eigenvalue weighted by Gasteiger charge is -2.22. The minimum absolute atomic E-state index is 0. The molecule has 4 aromatic heterocycles. The number of halogens is 2. The molecule has 8 aromatic rings. The third kappa shape index (κ3) is 11.5. The van der Waals surface area contributed by atoms with Gasteiger partial charge in [-0.05, 0) is 94.3 Å². The van der Waals surface area contributed by atoms with Gasteiger partial charge in [0.1, 0.15) is 16.7 Å². The van der Waals surface area contributed by atoms with Gasteiger partial charge in [0.15, 0.2) is 11.2 Å². The average molecular weight is 938 g/mol. The molecule has 17 nitrogen and oxygen atoms in total. The summed E-state index contributed by atoms with van der Waals surface area (Å²) in [6.07, 6.45) is 8.12. The number of hydrogen-bond acceptors (Lipinski definition) is 13. The number of anilines is 2. The molecule has 0 unspecified atom stereocenters. The maximum atomic E-state index is 13.4. The highest BCUT2D eigenvalue weighted by molar-refractivity contribution is 6.31. The van der Waals surface area contributed by atoms with Gasteiger partial charge in [-0.2, -0.15) is 40.0 Å². The normalized spacial score (nSPS) is 15.0. The molecule has 1 atom stereocenters. The number of carbonyl (C=O) groups excluding carboxylic acids is 1. The third-order valence-electron chi connectivity index (χ3n) is 10.7. The van der Waals surface area contributed by atoms with Crippen molar-refractivity contribution in [2.45, 2.75) is 54.5 Å². The zero-order chi connectivity index (χ0) is 44.7. The van der Waals surface area contributed by atoms with Crippen LogP contribution in [-0.4, -0.2) is 114 Å². The van der Waals surface area contributed by atoms with Gasteiger partial charge in [-0.25, -0.2) is 4.79 Å². The molecule has 346 valence electrons. The number of aromatic carboxylic acids is 1. The Bertz CT molecular complexity index is 2870. The molecular formula is C47H54Cl2N12O5. The van der Waals surface area contributed by atoms with Gasteiger partial charge in [0.05, 0.1) is 41.6 Å². The van der Waals surface area contributed by atoms with Crippen molar-refractivity contribution in [2.24, 2.45) is 0 Å². The predicted molar refractivity (Wildman–Crippen MR) is 258 cm³/mol. The number of benzene rings is 4. The Kier molecular flexibility index (Phi) is 16.1. The Hall–Kier alpha value is -6.82. The molecule has 0 radical (unpaired) electrons. The van der Waals surface area contributed by atoms with Gasteiger partial charge in [-0.3, -0.25) is 4.79 Å². The molecule has 2 fully saturated rings. The molecular weight excluding hydrogens is 884 g/mol. The van der Waals surface area contributed by atoms with Crippen molar-refractivity contribution in [1.82, 2.24) is 50.2 Å². The Morgan fingerprint density at radius 2 is 1.17 bits per heavy atom. The van der Waals surface area contributed by atoms with Crippen LogP contribution in [0.3, 0.4) is 0 Å². The smallest absolute Gasteiger partial charge is 0.337 e. The van der Waals surface area contributed by atoms with E-state index in [0.717, 1.165) is 66.8 Å². The number of nitrogens with zero attached hydrogens (tertiary/aromatic N) is 11. The van der Waals surface area contributed by atoms with Crippen molar-refractivity contribution in [3.05, 3.63) is 130 Å². The Morgan fingerprint density at radius 1 is 0.652 bits per heavy atom. The second kappa shape index (κ2) is 21.9. The van der Waals surface area contributed by atoms with Crippen LogP contribution in [0.2, 0.25) is 10.0 Å². The van der Waals surface area contributed by atoms with Gasteiger partial charge in [-0.1, -0.05) is 61.3 Å². The Balaban J connectivity index is 0.000000176. The van der Waals surface area contributed by atoms with Gasteiger partial charge >= 0.3 is 5.97 Å². The number of nitrogens with one attached hydrogen (secondary N) is 1. The van der Waals surface area contributed by atoms with E-state index in [1.165, 1.54) is 22.0 Å². The van der Waals surface area contributed by atoms with E-state index in [4.69, 9.17) is 37.1 Å². The van der Waals surface area contributed by atoms with Crippen molar-refractivity contribution in [3.63, 3.8) is 0 Å². The molecule has 0 spiro atoms. The fourth-order valence-electron chi connectivity index (χ4n) is 7.40. The van der Waals surface area contributed by atoms with E-state index in [2.05, 4.69) is 52.4 Å². The first kappa shape index (κ1) is 48.6. The maximum Gasteiger partial charge on any atom is 0.337 e. The van der Waals surface area contributed by atoms with Crippen LogP contribution in [0.4, 0.5) is 12.0 Å². The molecule has 4 aromatic carbocycles. The van der Waals surface area contributed by atoms with Gasteiger partial charge < -0.3 is 34.0 Å². The summed E-state index contributed by atoms with van der Waals surface area (Å²) < 4.78 is 11.7. The quantitative estimate of drug-likeness (QED) is 0.161. The summed E-state index contributed by atoms with van der Waals surface area (Å²) in [7, 11) is 0. The van der Waals surface area contributed by atoms with Crippen molar-refractivity contribution >= 4 is 69.3 Å². The zero-order valence-corrected chi connectivity index (χ0v) is 36.9. The second-order valence-electron chi connectivity index (χ2n) is 15.5. The number of carboxylic acids is 1. The molecule has 19 heteroatoms. The molecule has 0 aliphatic carbocycles. The van der Waals surface area contributed by atoms with E-state index in [0.29, 0.717) is 70.3 Å². The molecule has 2 aliphatic rings. The largest absolute Gasteiger partial charge is 0.478 e. The van der Waals surface area contributed by atoms with E-state index >= 15 is 0 Å². The number of amides is 1. The number of hydrogen-bond donors (Lipinski definition) is 2. The minimum Gasteiger partial charge on any atom is -0.478 e. The van der Waals surface area contributed by atoms with Crippen molar-refractivity contribution in [2.75, 3.05) is 55.6 Å². The Morgan fingerprint density at radius 3 is 1.71 bits per heavy atom. The molecule has 0 bridgehead atoms. The monoisotopic (exact) mass is 936 g/mol. The molecule has 1 amide bonds. The fraction of sp³-hybridized carbons (Fsp3) is 0.319. The standard InChI is InChI=1S/C22H21ClN6O2.C13H16ClN3O.C10H9N3O2.2CH4/c1-15-3-5-19(29-24-7-8-25-29)17(13-15)21(30)27-9-2-10-28(12-11-27)22-26-18-14-16(23)4-6-20(18)31-22;1-9-4-6-17(7-5-15-9)13-16-11-8-10(14)2-3-12(11)18-13;1-7-2-3-9(8(6-7)10(14)15)13-11-4-5-12-13;;/h3-8,13-14H,2,9-12H2,1H3;2-3,8-9,15H,4-7H2,1H3;2-6H,1H3,(H,14,15);2*1H4/t;9-;;;/m.1.../s1. The molecule has 2 aliphatic heterocycles. The first-order valence-electron chi connectivity index (χ1n) is 20.8. The van der Waals surface area contributed by atoms with Crippen LogP contribution >= 0.6 is 23.2 Å². The number of carboxylic acid groups (broad SMARTS) is 1. The number of aryl methyl sites for hydroxylation is 2. The summed E-state index contributed by atoms with van der Waals surface area (Å²) in [5, 5.41) is 30.0. The SMILES string of the molecule is C.C.C[C@@H]1CCN(c2nc3cc(Cl)ccc3o2)CCN1.Cc1ccc(-n2nccn2)c(C(=O)N2CCCN(c3nc4cc(Cl)ccc4o3)CC2)c1.Cc1ccc(-n2nccn2)c(C(=O)O)c1. The van der Waals surface area contributed by atoms with Crippen LogP contribution in [0.15, 0.2) is 106 Å². The second-order valence-corrected chi connectivity index (χ2v) is 16.3. The lowest BCUT2D eigenvalue weighted by Crippen LogP contribution is -2.36. The zero-order valence-electron chi connectivity index (χ0n) is 35.4. The van der Waals surface area contributed by atoms with Crippen LogP contribution in [0.25, 0.3) is 33.6 Å². The number of oxazole rings is 2. The summed E-state index contributed by atoms with van der Waals surface area (Å²) in [6, 6.07) is 23.6. The molecule has 0 saturated carbocycles. The van der Waals surface area contributed by atoms with Crippen molar-refractivity contribution < 1.29 is 23.5 Å². The predicted octanol–water partition coefficient (Wildman–Crippen LogP) is 8.94. The lowest BCUT2D eigenvalue weighted by atomic mass is 10.1. The number of rotatable bonds is 6. The van der Waals surface area contributed by atoms with Crippen LogP contribution in [0.1, 0.15) is 66.5 Å². The van der Waals surface area contributed by atoms with Crippen LogP contribution in [0, 0.1) is 13.8 Å². The van der Waals surface area contributed by atoms with Crippen LogP contribution in [0.5, 0.6) is 0 Å². The van der Waals surface area contributed by atoms with E-state index < -0.39 is 5.97 Å². The third-order valence-corrected chi connectivity index (χ3v) is 11.2. The molecule has 2 N–H and O–H groups in total. The summed E-state index contributed by atoms with van der Waals surface area (Å²) >= 11 is 12.0. The first-order chi connectivity index (χ1) is 31.0. The molecule has 10 rings (SSSR count). The van der Waals surface area contributed by atoms with E-state index in [-0.39, 0.29) is 26.3 Å². The summed E-state index contributed by atoms with van der Waals surface area (Å²) in [5.41, 5.74) is 6.90. The fourth-order valence-corrected chi connectivity index (χ4v) is 7.73. The molecule has 6 heterocycles. The van der Waals surface area contributed by atoms with E-state index in [1.807, 2.05) is 67.3 Å².